The lowest BCUT2D eigenvalue weighted by Crippen LogP contribution is -2.39. The van der Waals surface area contributed by atoms with Crippen molar-refractivity contribution in [2.45, 2.75) is 29.3 Å². The van der Waals surface area contributed by atoms with Crippen molar-refractivity contribution in [1.82, 2.24) is 14.6 Å². The van der Waals surface area contributed by atoms with Crippen molar-refractivity contribution in [3.05, 3.63) is 30.5 Å². The zero-order valence-electron chi connectivity index (χ0n) is 15.5. The van der Waals surface area contributed by atoms with E-state index in [1.165, 1.54) is 0 Å². The van der Waals surface area contributed by atoms with Crippen LogP contribution in [0.2, 0.25) is 0 Å². The molecule has 2 heterocycles. The second-order valence-electron chi connectivity index (χ2n) is 6.14. The summed E-state index contributed by atoms with van der Waals surface area (Å²) >= 11 is 1.59. The molecule has 1 aromatic heterocycles. The number of hydrogen-bond acceptors (Lipinski definition) is 6. The number of thioether (sulfide) groups is 1. The van der Waals surface area contributed by atoms with Crippen LogP contribution in [0.4, 0.5) is 0 Å². The maximum absolute atomic E-state index is 13.1. The molecule has 0 radical (unpaired) electrons. The molecular formula is C17H27Cl3N4O2S2. The molecule has 1 aromatic carbocycles. The summed E-state index contributed by atoms with van der Waals surface area (Å²) in [6.07, 6.45) is 2.53. The smallest absolute Gasteiger partial charge is 0.243 e. The molecule has 1 atom stereocenters. The molecule has 1 saturated heterocycles. The molecule has 1 fully saturated rings. The van der Waals surface area contributed by atoms with Crippen LogP contribution in [0.15, 0.2) is 40.4 Å². The van der Waals surface area contributed by atoms with Crippen LogP contribution in [0, 0.1) is 0 Å². The number of hydrogen-bond donors (Lipinski definition) is 2. The third-order valence-corrected chi connectivity index (χ3v) is 7.45. The molecule has 0 bridgehead atoms. The molecule has 1 unspecified atom stereocenters. The van der Waals surface area contributed by atoms with Gasteiger partial charge in [-0.3, -0.25) is 0 Å². The molecule has 1 aliphatic heterocycles. The number of aromatic nitrogens is 1. The van der Waals surface area contributed by atoms with Gasteiger partial charge in [-0.05, 0) is 43.5 Å². The fraction of sp³-hybridized carbons (Fsp3) is 0.471. The highest BCUT2D eigenvalue weighted by Gasteiger charge is 2.30. The van der Waals surface area contributed by atoms with Crippen LogP contribution in [0.5, 0.6) is 0 Å². The molecule has 1 aliphatic rings. The van der Waals surface area contributed by atoms with E-state index < -0.39 is 10.0 Å². The lowest BCUT2D eigenvalue weighted by Gasteiger charge is -2.26. The molecule has 28 heavy (non-hydrogen) atoms. The van der Waals surface area contributed by atoms with E-state index in [0.29, 0.717) is 24.5 Å². The van der Waals surface area contributed by atoms with E-state index in [2.05, 4.69) is 10.3 Å². The number of nitrogens with one attached hydrogen (secondary N) is 1. The van der Waals surface area contributed by atoms with Gasteiger partial charge in [-0.15, -0.1) is 49.0 Å². The number of pyridine rings is 1. The Morgan fingerprint density at radius 2 is 2.00 bits per heavy atom. The van der Waals surface area contributed by atoms with E-state index in [0.717, 1.165) is 34.5 Å². The minimum absolute atomic E-state index is 0. The Hall–Kier alpha value is -0.320. The average Bonchev–Trinajstić information content (AvgIpc) is 2.84. The summed E-state index contributed by atoms with van der Waals surface area (Å²) in [5.74, 6) is 0.782. The Morgan fingerprint density at radius 1 is 1.25 bits per heavy atom. The van der Waals surface area contributed by atoms with Gasteiger partial charge >= 0.3 is 0 Å². The van der Waals surface area contributed by atoms with Crippen molar-refractivity contribution in [2.75, 3.05) is 31.9 Å². The molecule has 0 amide bonds. The van der Waals surface area contributed by atoms with Crippen LogP contribution in [0.3, 0.4) is 0 Å². The summed E-state index contributed by atoms with van der Waals surface area (Å²) in [5, 5.41) is 6.00. The summed E-state index contributed by atoms with van der Waals surface area (Å²) in [6, 6.07) is 7.15. The third-order valence-electron chi connectivity index (χ3n) is 4.40. The van der Waals surface area contributed by atoms with Gasteiger partial charge in [-0.25, -0.2) is 13.4 Å². The Bertz CT molecular complexity index is 855. The van der Waals surface area contributed by atoms with Crippen molar-refractivity contribution in [1.29, 1.82) is 0 Å². The normalized spacial score (nSPS) is 17.7. The molecule has 11 heteroatoms. The van der Waals surface area contributed by atoms with Crippen molar-refractivity contribution in [3.8, 4) is 0 Å². The second-order valence-corrected chi connectivity index (χ2v) is 9.11. The summed E-state index contributed by atoms with van der Waals surface area (Å²) in [6.45, 7) is 4.57. The fourth-order valence-corrected chi connectivity index (χ4v) is 5.53. The largest absolute Gasteiger partial charge is 0.330 e. The number of nitrogens with zero attached hydrogens (tertiary/aromatic N) is 2. The minimum atomic E-state index is -3.51. The maximum Gasteiger partial charge on any atom is 0.243 e. The SMILES string of the molecule is CC1CCNCCN1S(=O)(=O)c1ccc2c(SCCN)nccc2c1.Cl.Cl.Cl. The van der Waals surface area contributed by atoms with E-state index in [9.17, 15) is 8.42 Å². The number of nitrogens with two attached hydrogens (primary N) is 1. The quantitative estimate of drug-likeness (QED) is 0.628. The van der Waals surface area contributed by atoms with E-state index in [4.69, 9.17) is 5.73 Å². The first-order valence-electron chi connectivity index (χ1n) is 8.48. The maximum atomic E-state index is 13.1. The Balaban J connectivity index is 0.00000243. The second kappa shape index (κ2) is 12.4. The molecule has 2 aromatic rings. The van der Waals surface area contributed by atoms with Gasteiger partial charge in [0.05, 0.1) is 4.90 Å². The van der Waals surface area contributed by atoms with Crippen molar-refractivity contribution < 1.29 is 8.42 Å². The van der Waals surface area contributed by atoms with Gasteiger partial charge in [0.1, 0.15) is 5.03 Å². The van der Waals surface area contributed by atoms with E-state index >= 15 is 0 Å². The number of rotatable bonds is 5. The molecule has 0 spiro atoms. The van der Waals surface area contributed by atoms with Crippen LogP contribution < -0.4 is 11.1 Å². The lowest BCUT2D eigenvalue weighted by atomic mass is 10.2. The van der Waals surface area contributed by atoms with E-state index in [-0.39, 0.29) is 43.3 Å². The fourth-order valence-electron chi connectivity index (χ4n) is 3.04. The number of sulfonamides is 1. The summed E-state index contributed by atoms with van der Waals surface area (Å²) in [5.41, 5.74) is 5.57. The number of halogens is 3. The van der Waals surface area contributed by atoms with Crippen LogP contribution in [-0.4, -0.2) is 55.7 Å². The van der Waals surface area contributed by atoms with Crippen molar-refractivity contribution >= 4 is 69.8 Å². The molecular weight excluding hydrogens is 463 g/mol. The molecule has 160 valence electrons. The van der Waals surface area contributed by atoms with Gasteiger partial charge in [0.2, 0.25) is 10.0 Å². The van der Waals surface area contributed by atoms with Gasteiger partial charge in [0.25, 0.3) is 0 Å². The lowest BCUT2D eigenvalue weighted by molar-refractivity contribution is 0.350. The van der Waals surface area contributed by atoms with Crippen molar-refractivity contribution in [3.63, 3.8) is 0 Å². The standard InChI is InChI=1S/C17H24N4O2S2.3ClH/c1-13-4-7-19-9-10-21(13)25(22,23)15-2-3-16-14(12-15)5-8-20-17(16)24-11-6-18;;;/h2-3,5,8,12-13,19H,4,6-7,9-11,18H2,1H3;3*1H. The molecule has 0 saturated carbocycles. The van der Waals surface area contributed by atoms with Gasteiger partial charge in [-0.2, -0.15) is 4.31 Å². The number of benzene rings is 1. The summed E-state index contributed by atoms with van der Waals surface area (Å²) < 4.78 is 27.8. The average molecular weight is 490 g/mol. The Morgan fingerprint density at radius 3 is 2.71 bits per heavy atom. The van der Waals surface area contributed by atoms with Gasteiger partial charge in [0.15, 0.2) is 0 Å². The highest BCUT2D eigenvalue weighted by Crippen LogP contribution is 2.29. The van der Waals surface area contributed by atoms with E-state index in [1.807, 2.05) is 19.1 Å². The van der Waals surface area contributed by atoms with E-state index in [1.54, 1.807) is 34.4 Å². The van der Waals surface area contributed by atoms with Gasteiger partial charge in [-0.1, -0.05) is 6.07 Å². The first kappa shape index (κ1) is 27.7. The summed E-state index contributed by atoms with van der Waals surface area (Å²) in [7, 11) is -3.51. The predicted molar refractivity (Wildman–Crippen MR) is 124 cm³/mol. The van der Waals surface area contributed by atoms with Crippen LogP contribution in [-0.2, 0) is 10.0 Å². The molecule has 3 rings (SSSR count). The first-order valence-corrected chi connectivity index (χ1v) is 10.9. The van der Waals surface area contributed by atoms with Crippen LogP contribution in [0.25, 0.3) is 10.8 Å². The number of fused-ring (bicyclic) bond motifs is 1. The summed E-state index contributed by atoms with van der Waals surface area (Å²) in [4.78, 5) is 4.73. The zero-order valence-corrected chi connectivity index (χ0v) is 19.6. The highest BCUT2D eigenvalue weighted by molar-refractivity contribution is 7.99. The van der Waals surface area contributed by atoms with Gasteiger partial charge < -0.3 is 11.1 Å². The molecule has 6 nitrogen and oxygen atoms in total. The molecule has 3 N–H and O–H groups in total. The molecule has 0 aliphatic carbocycles. The van der Waals surface area contributed by atoms with Crippen LogP contribution >= 0.6 is 49.0 Å². The Kier molecular flexibility index (Phi) is 12.3. The monoisotopic (exact) mass is 488 g/mol. The van der Waals surface area contributed by atoms with Crippen LogP contribution in [0.1, 0.15) is 13.3 Å². The van der Waals surface area contributed by atoms with Crippen molar-refractivity contribution in [2.24, 2.45) is 5.73 Å². The Labute approximate surface area is 189 Å². The highest BCUT2D eigenvalue weighted by atomic mass is 35.5. The third kappa shape index (κ3) is 6.09. The zero-order chi connectivity index (χ0) is 17.9. The van der Waals surface area contributed by atoms with Gasteiger partial charge in [0, 0.05) is 43.0 Å². The predicted octanol–water partition coefficient (Wildman–Crippen LogP) is 2.92. The minimum Gasteiger partial charge on any atom is -0.330 e. The first-order chi connectivity index (χ1) is 12.0. The topological polar surface area (TPSA) is 88.3 Å².